The predicted octanol–water partition coefficient (Wildman–Crippen LogP) is 2.14. The SMILES string of the molecule is CCOO[Si](OOCC)(OOCC)OC(C)(C)C. The molecule has 0 fully saturated rings. The largest absolute Gasteiger partial charge is 0.764 e. The van der Waals surface area contributed by atoms with Crippen molar-refractivity contribution < 1.29 is 32.8 Å². The highest BCUT2D eigenvalue weighted by Crippen LogP contribution is 2.21. The Bertz CT molecular complexity index is 185. The van der Waals surface area contributed by atoms with Crippen molar-refractivity contribution in [2.45, 2.75) is 47.1 Å². The molecule has 0 radical (unpaired) electrons. The second-order valence-electron chi connectivity index (χ2n) is 4.18. The van der Waals surface area contributed by atoms with Gasteiger partial charge in [0.25, 0.3) is 0 Å². The molecule has 0 atom stereocenters. The van der Waals surface area contributed by atoms with Gasteiger partial charge in [0.15, 0.2) is 0 Å². The van der Waals surface area contributed by atoms with Gasteiger partial charge in [-0.3, -0.25) is 0 Å². The van der Waals surface area contributed by atoms with Crippen LogP contribution < -0.4 is 0 Å². The fraction of sp³-hybridized carbons (Fsp3) is 1.00. The summed E-state index contributed by atoms with van der Waals surface area (Å²) in [7, 11) is -3.66. The molecule has 0 aromatic rings. The zero-order valence-electron chi connectivity index (χ0n) is 12.0. The first kappa shape index (κ1) is 17.9. The van der Waals surface area contributed by atoms with E-state index in [0.29, 0.717) is 19.8 Å². The molecule has 7 nitrogen and oxygen atoms in total. The van der Waals surface area contributed by atoms with Gasteiger partial charge in [-0.1, -0.05) is 0 Å². The Morgan fingerprint density at radius 3 is 1.28 bits per heavy atom. The monoisotopic (exact) mass is 284 g/mol. The van der Waals surface area contributed by atoms with E-state index in [0.717, 1.165) is 0 Å². The van der Waals surface area contributed by atoms with Crippen LogP contribution >= 0.6 is 0 Å². The highest BCUT2D eigenvalue weighted by molar-refractivity contribution is 6.52. The normalized spacial score (nSPS) is 13.0. The Balaban J connectivity index is 4.73. The van der Waals surface area contributed by atoms with Gasteiger partial charge < -0.3 is 4.43 Å². The summed E-state index contributed by atoms with van der Waals surface area (Å²) in [6.45, 7) is 11.7. The Labute approximate surface area is 109 Å². The van der Waals surface area contributed by atoms with E-state index in [-0.39, 0.29) is 0 Å². The van der Waals surface area contributed by atoms with Crippen molar-refractivity contribution >= 4 is 9.05 Å². The van der Waals surface area contributed by atoms with Gasteiger partial charge in [0, 0.05) is 0 Å². The first-order valence-electron chi connectivity index (χ1n) is 6.01. The minimum atomic E-state index is -3.66. The summed E-state index contributed by atoms with van der Waals surface area (Å²) in [6, 6.07) is 0. The fourth-order valence-corrected chi connectivity index (χ4v) is 2.58. The first-order chi connectivity index (χ1) is 8.39. The molecule has 0 unspecified atom stereocenters. The third kappa shape index (κ3) is 8.11. The fourth-order valence-electron chi connectivity index (χ4n) is 0.861. The maximum atomic E-state index is 5.63. The number of hydrogen-bond donors (Lipinski definition) is 0. The Morgan fingerprint density at radius 2 is 1.06 bits per heavy atom. The summed E-state index contributed by atoms with van der Waals surface area (Å²) in [6.07, 6.45) is 0. The van der Waals surface area contributed by atoms with E-state index in [2.05, 4.69) is 0 Å². The van der Waals surface area contributed by atoms with E-state index >= 15 is 0 Å². The van der Waals surface area contributed by atoms with Crippen LogP contribution in [0, 0.1) is 0 Å². The van der Waals surface area contributed by atoms with Crippen molar-refractivity contribution in [1.82, 2.24) is 0 Å². The molecule has 0 aromatic heterocycles. The van der Waals surface area contributed by atoms with Gasteiger partial charge in [-0.05, 0) is 41.5 Å². The smallest absolute Gasteiger partial charge is 0.342 e. The van der Waals surface area contributed by atoms with E-state index in [1.54, 1.807) is 20.8 Å². The van der Waals surface area contributed by atoms with Gasteiger partial charge >= 0.3 is 9.05 Å². The molecule has 8 heteroatoms. The molecule has 0 aromatic carbocycles. The second-order valence-corrected chi connectivity index (χ2v) is 5.89. The lowest BCUT2D eigenvalue weighted by Gasteiger charge is -2.30. The quantitative estimate of drug-likeness (QED) is 0.346. The van der Waals surface area contributed by atoms with Crippen LogP contribution in [0.5, 0.6) is 0 Å². The van der Waals surface area contributed by atoms with E-state index in [1.807, 2.05) is 20.8 Å². The lowest BCUT2D eigenvalue weighted by Crippen LogP contribution is -2.53. The van der Waals surface area contributed by atoms with E-state index in [9.17, 15) is 0 Å². The van der Waals surface area contributed by atoms with E-state index in [1.165, 1.54) is 0 Å². The van der Waals surface area contributed by atoms with Crippen LogP contribution in [-0.4, -0.2) is 34.5 Å². The summed E-state index contributed by atoms with van der Waals surface area (Å²) in [5, 5.41) is 0. The van der Waals surface area contributed by atoms with Crippen LogP contribution in [0.1, 0.15) is 41.5 Å². The zero-order valence-corrected chi connectivity index (χ0v) is 13.0. The van der Waals surface area contributed by atoms with Crippen LogP contribution in [0.4, 0.5) is 0 Å². The first-order valence-corrected chi connectivity index (χ1v) is 7.64. The topological polar surface area (TPSA) is 64.6 Å². The molecule has 0 saturated heterocycles. The van der Waals surface area contributed by atoms with Crippen LogP contribution in [-0.2, 0) is 32.8 Å². The minimum absolute atomic E-state index is 0.313. The van der Waals surface area contributed by atoms with Crippen molar-refractivity contribution in [3.05, 3.63) is 0 Å². The summed E-state index contributed by atoms with van der Waals surface area (Å²) < 4.78 is 20.9. The molecule has 0 aliphatic rings. The van der Waals surface area contributed by atoms with Crippen LogP contribution in [0.2, 0.25) is 0 Å². The number of hydrogen-bond acceptors (Lipinski definition) is 7. The molecular weight excluding hydrogens is 260 g/mol. The Hall–Kier alpha value is -0.0631. The standard InChI is InChI=1S/C10H24O7Si/c1-7-11-15-18(16-12-8-2,17-13-9-3)14-10(4,5)6/h7-9H2,1-6H3. The van der Waals surface area contributed by atoms with Crippen molar-refractivity contribution in [3.8, 4) is 0 Å². The molecule has 0 aliphatic carbocycles. The van der Waals surface area contributed by atoms with Gasteiger partial charge in [0.1, 0.15) is 0 Å². The summed E-state index contributed by atoms with van der Waals surface area (Å²) in [4.78, 5) is 14.6. The second kappa shape index (κ2) is 8.94. The summed E-state index contributed by atoms with van der Waals surface area (Å²) in [5.41, 5.74) is -0.572. The molecular formula is C10H24O7Si. The van der Waals surface area contributed by atoms with Crippen LogP contribution in [0.25, 0.3) is 0 Å². The van der Waals surface area contributed by atoms with Crippen molar-refractivity contribution in [2.24, 2.45) is 0 Å². The molecule has 110 valence electrons. The lowest BCUT2D eigenvalue weighted by atomic mass is 10.2. The Kier molecular flexibility index (Phi) is 8.91. The third-order valence-electron chi connectivity index (χ3n) is 1.27. The average Bonchev–Trinajstić information content (AvgIpc) is 2.29. The predicted molar refractivity (Wildman–Crippen MR) is 64.7 cm³/mol. The molecule has 0 spiro atoms. The van der Waals surface area contributed by atoms with Crippen molar-refractivity contribution in [1.29, 1.82) is 0 Å². The lowest BCUT2D eigenvalue weighted by molar-refractivity contribution is -0.391. The summed E-state index contributed by atoms with van der Waals surface area (Å²) >= 11 is 0. The van der Waals surface area contributed by atoms with Crippen LogP contribution in [0.3, 0.4) is 0 Å². The average molecular weight is 284 g/mol. The zero-order chi connectivity index (χ0) is 14.1. The van der Waals surface area contributed by atoms with Gasteiger partial charge in [-0.2, -0.15) is 13.7 Å². The maximum absolute atomic E-state index is 5.63. The molecule has 0 bridgehead atoms. The number of rotatable bonds is 10. The van der Waals surface area contributed by atoms with E-state index in [4.69, 9.17) is 32.8 Å². The molecule has 0 N–H and O–H groups in total. The van der Waals surface area contributed by atoms with E-state index < -0.39 is 14.6 Å². The highest BCUT2D eigenvalue weighted by Gasteiger charge is 2.55. The molecule has 0 heterocycles. The van der Waals surface area contributed by atoms with Gasteiger partial charge in [-0.25, -0.2) is 14.7 Å². The Morgan fingerprint density at radius 1 is 0.722 bits per heavy atom. The van der Waals surface area contributed by atoms with Crippen molar-refractivity contribution in [3.63, 3.8) is 0 Å². The summed E-state index contributed by atoms with van der Waals surface area (Å²) in [5.74, 6) is 0. The van der Waals surface area contributed by atoms with Crippen molar-refractivity contribution in [2.75, 3.05) is 19.8 Å². The highest BCUT2D eigenvalue weighted by atomic mass is 28.4. The maximum Gasteiger partial charge on any atom is 0.764 e. The molecule has 0 amide bonds. The van der Waals surface area contributed by atoms with Crippen LogP contribution in [0.15, 0.2) is 0 Å². The molecule has 0 saturated carbocycles. The molecule has 18 heavy (non-hydrogen) atoms. The third-order valence-corrected chi connectivity index (χ3v) is 3.10. The van der Waals surface area contributed by atoms with Gasteiger partial charge in [0.05, 0.1) is 25.4 Å². The molecule has 0 rings (SSSR count). The minimum Gasteiger partial charge on any atom is -0.342 e. The van der Waals surface area contributed by atoms with Gasteiger partial charge in [-0.15, -0.1) is 0 Å². The van der Waals surface area contributed by atoms with Gasteiger partial charge in [0.2, 0.25) is 0 Å². The molecule has 0 aliphatic heterocycles.